The molecule has 0 amide bonds. The molecule has 0 saturated carbocycles. The molecule has 0 aliphatic carbocycles. The highest BCUT2D eigenvalue weighted by Crippen LogP contribution is 2.23. The molecule has 3 rings (SSSR count). The fraction of sp³-hybridized carbons (Fsp3) is 0.176. The molecule has 0 radical (unpaired) electrons. The number of hydrogen-bond donors (Lipinski definition) is 2. The van der Waals surface area contributed by atoms with Gasteiger partial charge in [-0.1, -0.05) is 15.9 Å². The van der Waals surface area contributed by atoms with Crippen molar-refractivity contribution in [2.75, 3.05) is 18.5 Å². The van der Waals surface area contributed by atoms with Crippen molar-refractivity contribution in [2.24, 2.45) is 0 Å². The number of aromatic nitrogens is 2. The summed E-state index contributed by atoms with van der Waals surface area (Å²) in [5.41, 5.74) is 0.772. The molecular formula is C17H14BrF2N3O2. The van der Waals surface area contributed by atoms with Crippen molar-refractivity contribution in [1.29, 1.82) is 0 Å². The fourth-order valence-electron chi connectivity index (χ4n) is 2.20. The van der Waals surface area contributed by atoms with Gasteiger partial charge < -0.3 is 15.2 Å². The summed E-state index contributed by atoms with van der Waals surface area (Å²) in [4.78, 5) is 8.35. The van der Waals surface area contributed by atoms with Crippen LogP contribution in [0, 0.1) is 11.6 Å². The van der Waals surface area contributed by atoms with Crippen LogP contribution in [0.3, 0.4) is 0 Å². The molecule has 25 heavy (non-hydrogen) atoms. The van der Waals surface area contributed by atoms with Crippen LogP contribution in [-0.2, 0) is 0 Å². The van der Waals surface area contributed by atoms with Gasteiger partial charge in [-0.3, -0.25) is 0 Å². The Morgan fingerprint density at radius 1 is 1.12 bits per heavy atom. The Morgan fingerprint density at radius 3 is 2.76 bits per heavy atom. The van der Waals surface area contributed by atoms with Crippen LogP contribution in [0.25, 0.3) is 10.9 Å². The van der Waals surface area contributed by atoms with E-state index in [1.807, 2.05) is 18.2 Å². The van der Waals surface area contributed by atoms with Crippen LogP contribution in [-0.4, -0.2) is 34.3 Å². The molecule has 0 spiro atoms. The minimum absolute atomic E-state index is 0.0786. The molecule has 130 valence electrons. The SMILES string of the molecule is OC(CNc1ncnc2ccc(Br)cc12)COc1ccc(F)c(F)c1. The molecule has 1 heterocycles. The highest BCUT2D eigenvalue weighted by atomic mass is 79.9. The first-order valence-electron chi connectivity index (χ1n) is 7.43. The van der Waals surface area contributed by atoms with E-state index in [2.05, 4.69) is 31.2 Å². The third kappa shape index (κ3) is 4.40. The molecule has 1 unspecified atom stereocenters. The molecule has 2 aromatic carbocycles. The van der Waals surface area contributed by atoms with E-state index in [1.165, 1.54) is 12.4 Å². The first kappa shape index (κ1) is 17.5. The smallest absolute Gasteiger partial charge is 0.162 e. The lowest BCUT2D eigenvalue weighted by molar-refractivity contribution is 0.117. The Morgan fingerprint density at radius 2 is 1.96 bits per heavy atom. The van der Waals surface area contributed by atoms with E-state index in [0.717, 1.165) is 27.5 Å². The van der Waals surface area contributed by atoms with E-state index in [1.54, 1.807) is 0 Å². The van der Waals surface area contributed by atoms with Gasteiger partial charge in [0, 0.05) is 22.5 Å². The van der Waals surface area contributed by atoms with Gasteiger partial charge in [-0.15, -0.1) is 0 Å². The summed E-state index contributed by atoms with van der Waals surface area (Å²) >= 11 is 3.40. The number of benzene rings is 2. The molecule has 0 aliphatic heterocycles. The summed E-state index contributed by atoms with van der Waals surface area (Å²) in [5.74, 6) is -1.22. The molecule has 1 atom stereocenters. The third-order valence-electron chi connectivity index (χ3n) is 3.44. The van der Waals surface area contributed by atoms with Crippen LogP contribution >= 0.6 is 15.9 Å². The lowest BCUT2D eigenvalue weighted by atomic mass is 10.2. The standard InChI is InChI=1S/C17H14BrF2N3O2/c18-10-1-4-16-13(5-10)17(23-9-22-16)21-7-11(24)8-25-12-2-3-14(19)15(20)6-12/h1-6,9,11,24H,7-8H2,(H,21,22,23). The van der Waals surface area contributed by atoms with Crippen molar-refractivity contribution < 1.29 is 18.6 Å². The zero-order valence-electron chi connectivity index (χ0n) is 12.9. The van der Waals surface area contributed by atoms with Gasteiger partial charge in [0.25, 0.3) is 0 Å². The first-order valence-corrected chi connectivity index (χ1v) is 8.22. The minimum Gasteiger partial charge on any atom is -0.491 e. The highest BCUT2D eigenvalue weighted by molar-refractivity contribution is 9.10. The molecule has 2 N–H and O–H groups in total. The van der Waals surface area contributed by atoms with E-state index in [-0.39, 0.29) is 18.9 Å². The number of aliphatic hydroxyl groups excluding tert-OH is 1. The molecule has 5 nitrogen and oxygen atoms in total. The Labute approximate surface area is 150 Å². The van der Waals surface area contributed by atoms with Crippen molar-refractivity contribution in [2.45, 2.75) is 6.10 Å². The van der Waals surface area contributed by atoms with Crippen LogP contribution in [0.5, 0.6) is 5.75 Å². The number of nitrogens with zero attached hydrogens (tertiary/aromatic N) is 2. The lowest BCUT2D eigenvalue weighted by Crippen LogP contribution is -2.26. The monoisotopic (exact) mass is 409 g/mol. The van der Waals surface area contributed by atoms with Crippen LogP contribution in [0.2, 0.25) is 0 Å². The van der Waals surface area contributed by atoms with Crippen LogP contribution in [0.15, 0.2) is 47.2 Å². The van der Waals surface area contributed by atoms with Gasteiger partial charge in [-0.05, 0) is 30.3 Å². The molecular weight excluding hydrogens is 396 g/mol. The summed E-state index contributed by atoms with van der Waals surface area (Å²) in [6.07, 6.45) is 0.563. The van der Waals surface area contributed by atoms with E-state index in [4.69, 9.17) is 4.74 Å². The summed E-state index contributed by atoms with van der Waals surface area (Å²) in [5, 5.41) is 13.9. The first-order chi connectivity index (χ1) is 12.0. The summed E-state index contributed by atoms with van der Waals surface area (Å²) < 4.78 is 32.1. The number of ether oxygens (including phenoxy) is 1. The second-order valence-corrected chi connectivity index (χ2v) is 6.22. The molecule has 0 fully saturated rings. The topological polar surface area (TPSA) is 67.3 Å². The van der Waals surface area contributed by atoms with E-state index < -0.39 is 17.7 Å². The molecule has 8 heteroatoms. The predicted octanol–water partition coefficient (Wildman–Crippen LogP) is 3.52. The Hall–Kier alpha value is -2.32. The molecule has 1 aromatic heterocycles. The van der Waals surface area contributed by atoms with Crippen molar-refractivity contribution in [3.05, 3.63) is 58.8 Å². The van der Waals surface area contributed by atoms with Gasteiger partial charge in [-0.25, -0.2) is 18.7 Å². The van der Waals surface area contributed by atoms with Crippen LogP contribution in [0.4, 0.5) is 14.6 Å². The summed E-state index contributed by atoms with van der Waals surface area (Å²) in [6, 6.07) is 8.82. The molecule has 0 bridgehead atoms. The Balaban J connectivity index is 1.60. The minimum atomic E-state index is -0.997. The van der Waals surface area contributed by atoms with Crippen molar-refractivity contribution >= 4 is 32.7 Å². The van der Waals surface area contributed by atoms with Gasteiger partial charge >= 0.3 is 0 Å². The summed E-state index contributed by atoms with van der Waals surface area (Å²) in [7, 11) is 0. The zero-order valence-corrected chi connectivity index (χ0v) is 14.5. The number of rotatable bonds is 6. The quantitative estimate of drug-likeness (QED) is 0.651. The number of aliphatic hydroxyl groups is 1. The fourth-order valence-corrected chi connectivity index (χ4v) is 2.56. The van der Waals surface area contributed by atoms with Crippen molar-refractivity contribution in [3.63, 3.8) is 0 Å². The maximum atomic E-state index is 13.1. The van der Waals surface area contributed by atoms with E-state index in [0.29, 0.717) is 5.82 Å². The van der Waals surface area contributed by atoms with Gasteiger partial charge in [0.2, 0.25) is 0 Å². The predicted molar refractivity (Wildman–Crippen MR) is 93.6 cm³/mol. The second kappa shape index (κ2) is 7.71. The van der Waals surface area contributed by atoms with E-state index in [9.17, 15) is 13.9 Å². The maximum Gasteiger partial charge on any atom is 0.162 e. The highest BCUT2D eigenvalue weighted by Gasteiger charge is 2.10. The lowest BCUT2D eigenvalue weighted by Gasteiger charge is -2.14. The number of halogens is 3. The average molecular weight is 410 g/mol. The zero-order chi connectivity index (χ0) is 17.8. The van der Waals surface area contributed by atoms with Gasteiger partial charge in [0.05, 0.1) is 5.52 Å². The number of anilines is 1. The Bertz CT molecular complexity index is 895. The van der Waals surface area contributed by atoms with Crippen molar-refractivity contribution in [3.8, 4) is 5.75 Å². The largest absolute Gasteiger partial charge is 0.491 e. The van der Waals surface area contributed by atoms with Crippen LogP contribution < -0.4 is 10.1 Å². The Kier molecular flexibility index (Phi) is 5.40. The normalized spacial score (nSPS) is 12.2. The molecule has 3 aromatic rings. The molecule has 0 saturated heterocycles. The van der Waals surface area contributed by atoms with Gasteiger partial charge in [0.1, 0.15) is 30.6 Å². The number of fused-ring (bicyclic) bond motifs is 1. The van der Waals surface area contributed by atoms with Crippen molar-refractivity contribution in [1.82, 2.24) is 9.97 Å². The number of hydrogen-bond acceptors (Lipinski definition) is 5. The number of nitrogens with one attached hydrogen (secondary N) is 1. The average Bonchev–Trinajstić information content (AvgIpc) is 2.61. The van der Waals surface area contributed by atoms with Gasteiger partial charge in [-0.2, -0.15) is 0 Å². The second-order valence-electron chi connectivity index (χ2n) is 5.31. The van der Waals surface area contributed by atoms with E-state index >= 15 is 0 Å². The van der Waals surface area contributed by atoms with Crippen LogP contribution in [0.1, 0.15) is 0 Å². The molecule has 0 aliphatic rings. The maximum absolute atomic E-state index is 13.1. The third-order valence-corrected chi connectivity index (χ3v) is 3.93. The van der Waals surface area contributed by atoms with Gasteiger partial charge in [0.15, 0.2) is 11.6 Å². The summed E-state index contributed by atoms with van der Waals surface area (Å²) in [6.45, 7) is 0.0904.